The number of nitrogens with zero attached hydrogens (tertiary/aromatic N) is 4. The highest BCUT2D eigenvalue weighted by Gasteiger charge is 2.31. The number of carbonyl (C=O) groups is 1. The third kappa shape index (κ3) is 4.39. The molecule has 0 radical (unpaired) electrons. The van der Waals surface area contributed by atoms with E-state index in [0.717, 1.165) is 38.1 Å². The second kappa shape index (κ2) is 8.98. The van der Waals surface area contributed by atoms with Gasteiger partial charge in [0.15, 0.2) is 11.7 Å². The maximum absolute atomic E-state index is 12.7. The van der Waals surface area contributed by atoms with E-state index in [0.29, 0.717) is 23.6 Å². The number of nitriles is 1. The quantitative estimate of drug-likeness (QED) is 0.755. The minimum Gasteiger partial charge on any atom is -0.464 e. The van der Waals surface area contributed by atoms with Gasteiger partial charge in [-0.1, -0.05) is 32.4 Å². The largest absolute Gasteiger partial charge is 0.464 e. The fraction of sp³-hybridized carbons (Fsp3) is 0.524. The Morgan fingerprint density at radius 2 is 1.93 bits per heavy atom. The Morgan fingerprint density at radius 1 is 1.29 bits per heavy atom. The number of aromatic nitrogens is 2. The van der Waals surface area contributed by atoms with Crippen LogP contribution < -0.4 is 9.80 Å². The molecular weight excluding hydrogens is 354 g/mol. The number of benzene rings is 1. The summed E-state index contributed by atoms with van der Waals surface area (Å²) in [5.41, 5.74) is 1.84. The Hall–Kier alpha value is -2.72. The van der Waals surface area contributed by atoms with Crippen LogP contribution in [-0.4, -0.2) is 55.8 Å². The normalized spacial score (nSPS) is 17.1. The van der Waals surface area contributed by atoms with Crippen LogP contribution in [0.3, 0.4) is 0 Å². The molecule has 2 heterocycles. The second-order valence-electron chi connectivity index (χ2n) is 7.57. The van der Waals surface area contributed by atoms with Crippen molar-refractivity contribution in [2.75, 3.05) is 44.7 Å². The molecule has 1 aliphatic heterocycles. The number of esters is 1. The average Bonchev–Trinajstić information content (AvgIpc) is 2.72. The number of piperazine rings is 1. The summed E-state index contributed by atoms with van der Waals surface area (Å²) in [4.78, 5) is 25.7. The summed E-state index contributed by atoms with van der Waals surface area (Å²) in [6.45, 7) is 7.94. The maximum atomic E-state index is 12.7. The molecule has 0 saturated carbocycles. The molecule has 0 aliphatic carbocycles. The monoisotopic (exact) mass is 382 g/mol. The number of ether oxygens (including phenoxy) is 1. The summed E-state index contributed by atoms with van der Waals surface area (Å²) in [6, 6.07) is 9.65. The molecule has 0 amide bonds. The van der Waals surface area contributed by atoms with E-state index in [4.69, 9.17) is 9.72 Å². The number of likely N-dealkylation sites (N-methyl/N-ethyl adjacent to an activating group) is 1. The summed E-state index contributed by atoms with van der Waals surface area (Å²) in [7, 11) is 2.16. The number of hydrogen-bond donors (Lipinski definition) is 1. The van der Waals surface area contributed by atoms with Crippen molar-refractivity contribution in [1.29, 1.82) is 5.26 Å². The molecule has 1 aromatic heterocycles. The van der Waals surface area contributed by atoms with Crippen LogP contribution >= 0.6 is 0 Å². The van der Waals surface area contributed by atoms with Crippen molar-refractivity contribution in [2.45, 2.75) is 26.2 Å². The summed E-state index contributed by atoms with van der Waals surface area (Å²) < 4.78 is 5.42. The summed E-state index contributed by atoms with van der Waals surface area (Å²) in [6.07, 6.45) is 0.912. The maximum Gasteiger partial charge on any atom is 0.329 e. The lowest BCUT2D eigenvalue weighted by atomic mass is 10.1. The molecule has 3 rings (SSSR count). The first-order valence-corrected chi connectivity index (χ1v) is 9.92. The van der Waals surface area contributed by atoms with Gasteiger partial charge in [-0.25, -0.2) is 9.97 Å². The molecule has 1 aromatic carbocycles. The fourth-order valence-corrected chi connectivity index (χ4v) is 3.18. The van der Waals surface area contributed by atoms with Crippen molar-refractivity contribution < 1.29 is 14.4 Å². The molecule has 2 atom stereocenters. The van der Waals surface area contributed by atoms with Gasteiger partial charge in [0.05, 0.1) is 56.9 Å². The van der Waals surface area contributed by atoms with Crippen molar-refractivity contribution in [2.24, 2.45) is 5.92 Å². The summed E-state index contributed by atoms with van der Waals surface area (Å²) in [5, 5.41) is 9.77. The molecule has 7 nitrogen and oxygen atoms in total. The molecule has 0 spiro atoms. The molecule has 1 saturated heterocycles. The van der Waals surface area contributed by atoms with Gasteiger partial charge < -0.3 is 14.5 Å². The van der Waals surface area contributed by atoms with Gasteiger partial charge in [0, 0.05) is 0 Å². The van der Waals surface area contributed by atoms with E-state index in [1.165, 1.54) is 4.90 Å². The number of nitrogens with one attached hydrogen (secondary N) is 1. The van der Waals surface area contributed by atoms with Gasteiger partial charge in [-0.2, -0.15) is 5.26 Å². The first-order chi connectivity index (χ1) is 13.5. The van der Waals surface area contributed by atoms with Crippen LogP contribution in [0.25, 0.3) is 11.0 Å². The van der Waals surface area contributed by atoms with E-state index < -0.39 is 11.9 Å². The van der Waals surface area contributed by atoms with E-state index in [1.807, 2.05) is 38.1 Å². The number of anilines is 1. The van der Waals surface area contributed by atoms with E-state index in [9.17, 15) is 10.1 Å². The lowest BCUT2D eigenvalue weighted by Crippen LogP contribution is -3.12. The predicted molar refractivity (Wildman–Crippen MR) is 107 cm³/mol. The minimum absolute atomic E-state index is 0.256. The molecule has 2 aromatic rings. The van der Waals surface area contributed by atoms with Gasteiger partial charge in [0.1, 0.15) is 5.69 Å². The zero-order chi connectivity index (χ0) is 20.1. The number of fused-ring (bicyclic) bond motifs is 1. The molecule has 148 valence electrons. The van der Waals surface area contributed by atoms with E-state index in [-0.39, 0.29) is 5.92 Å². The number of rotatable bonds is 6. The van der Waals surface area contributed by atoms with Crippen LogP contribution in [-0.2, 0) is 9.53 Å². The minimum atomic E-state index is -1.08. The molecule has 0 bridgehead atoms. The number of carbonyl (C=O) groups excluding carboxylic acids is 1. The van der Waals surface area contributed by atoms with Crippen molar-refractivity contribution in [3.63, 3.8) is 0 Å². The van der Waals surface area contributed by atoms with Crippen molar-refractivity contribution in [1.82, 2.24) is 9.97 Å². The van der Waals surface area contributed by atoms with Gasteiger partial charge in [0.2, 0.25) is 0 Å². The SMILES string of the molecule is CC[C@@H](C)COC(=O)[C@@H](C#N)c1nc2ccccc2nc1N1CC[NH+](C)CC1. The standard InChI is InChI=1S/C21H27N5O2/c1-4-15(2)14-28-21(27)16(13-22)19-20(26-11-9-25(3)10-12-26)24-18-8-6-5-7-17(18)23-19/h5-8,15-16H,4,9-12,14H2,1-3H3/p+1/t15-,16+/m1/s1. The Morgan fingerprint density at radius 3 is 2.54 bits per heavy atom. The third-order valence-electron chi connectivity index (χ3n) is 5.34. The van der Waals surface area contributed by atoms with Crippen LogP contribution in [0.5, 0.6) is 0 Å². The third-order valence-corrected chi connectivity index (χ3v) is 5.34. The average molecular weight is 382 g/mol. The van der Waals surface area contributed by atoms with Crippen LogP contribution in [0.2, 0.25) is 0 Å². The van der Waals surface area contributed by atoms with Crippen LogP contribution in [0.4, 0.5) is 5.82 Å². The highest BCUT2D eigenvalue weighted by Crippen LogP contribution is 2.28. The molecule has 1 aliphatic rings. The molecule has 1 N–H and O–H groups in total. The first kappa shape index (κ1) is 20.0. The molecular formula is C21H28N5O2+. The number of quaternary nitrogens is 1. The highest BCUT2D eigenvalue weighted by molar-refractivity contribution is 5.85. The van der Waals surface area contributed by atoms with Gasteiger partial charge in [-0.15, -0.1) is 0 Å². The van der Waals surface area contributed by atoms with Gasteiger partial charge in [-0.05, 0) is 18.1 Å². The number of hydrogen-bond acceptors (Lipinski definition) is 6. The molecule has 7 heteroatoms. The zero-order valence-corrected chi connectivity index (χ0v) is 16.8. The topological polar surface area (TPSA) is 83.5 Å². The Bertz CT molecular complexity index is 871. The number of para-hydroxylation sites is 2. The summed E-state index contributed by atoms with van der Waals surface area (Å²) >= 11 is 0. The molecule has 0 unspecified atom stereocenters. The molecule has 1 fully saturated rings. The lowest BCUT2D eigenvalue weighted by Gasteiger charge is -2.32. The van der Waals surface area contributed by atoms with Crippen LogP contribution in [0.15, 0.2) is 24.3 Å². The van der Waals surface area contributed by atoms with Crippen molar-refractivity contribution in [3.05, 3.63) is 30.0 Å². The molecule has 28 heavy (non-hydrogen) atoms. The van der Waals surface area contributed by atoms with Crippen LogP contribution in [0.1, 0.15) is 31.9 Å². The van der Waals surface area contributed by atoms with Gasteiger partial charge >= 0.3 is 5.97 Å². The van der Waals surface area contributed by atoms with Crippen LogP contribution in [0, 0.1) is 17.2 Å². The second-order valence-corrected chi connectivity index (χ2v) is 7.57. The first-order valence-electron chi connectivity index (χ1n) is 9.92. The Balaban J connectivity index is 1.97. The smallest absolute Gasteiger partial charge is 0.329 e. The Labute approximate surface area is 165 Å². The Kier molecular flexibility index (Phi) is 6.42. The van der Waals surface area contributed by atoms with E-state index >= 15 is 0 Å². The summed E-state index contributed by atoms with van der Waals surface area (Å²) in [5.74, 6) is -0.749. The van der Waals surface area contributed by atoms with Crippen molar-refractivity contribution >= 4 is 22.8 Å². The predicted octanol–water partition coefficient (Wildman–Crippen LogP) is 1.16. The zero-order valence-electron chi connectivity index (χ0n) is 16.8. The van der Waals surface area contributed by atoms with Gasteiger partial charge in [0.25, 0.3) is 0 Å². The van der Waals surface area contributed by atoms with E-state index in [2.05, 4.69) is 23.0 Å². The lowest BCUT2D eigenvalue weighted by molar-refractivity contribution is -0.880. The highest BCUT2D eigenvalue weighted by atomic mass is 16.5. The van der Waals surface area contributed by atoms with Gasteiger partial charge in [-0.3, -0.25) is 4.79 Å². The fourth-order valence-electron chi connectivity index (χ4n) is 3.18. The van der Waals surface area contributed by atoms with Crippen molar-refractivity contribution in [3.8, 4) is 6.07 Å². The van der Waals surface area contributed by atoms with E-state index in [1.54, 1.807) is 0 Å².